The summed E-state index contributed by atoms with van der Waals surface area (Å²) in [5.41, 5.74) is 1.33. The van der Waals surface area contributed by atoms with Gasteiger partial charge in [-0.05, 0) is 24.3 Å². The van der Waals surface area contributed by atoms with Gasteiger partial charge in [-0.15, -0.1) is 0 Å². The molecule has 0 amide bonds. The van der Waals surface area contributed by atoms with Crippen molar-refractivity contribution in [2.45, 2.75) is 37.0 Å². The van der Waals surface area contributed by atoms with Gasteiger partial charge in [0.2, 0.25) is 6.29 Å². The quantitative estimate of drug-likeness (QED) is 0.784. The second kappa shape index (κ2) is 7.75. The van der Waals surface area contributed by atoms with E-state index < -0.39 is 37.0 Å². The van der Waals surface area contributed by atoms with Gasteiger partial charge in [-0.3, -0.25) is 4.79 Å². The number of aliphatic hydroxyl groups excluding tert-OH is 2. The maximum absolute atomic E-state index is 10.7. The summed E-state index contributed by atoms with van der Waals surface area (Å²) < 4.78 is 23.0. The van der Waals surface area contributed by atoms with Gasteiger partial charge in [0, 0.05) is 11.1 Å². The number of ether oxygens (including phenoxy) is 4. The molecule has 2 N–H and O–H groups in total. The molecule has 2 aromatic rings. The van der Waals surface area contributed by atoms with Crippen LogP contribution < -0.4 is 4.74 Å². The van der Waals surface area contributed by atoms with Gasteiger partial charge in [0.1, 0.15) is 36.5 Å². The number of carbonyl (C=O) groups is 1. The molecular formula is C20H20O7. The van der Waals surface area contributed by atoms with Gasteiger partial charge in [0.25, 0.3) is 0 Å². The van der Waals surface area contributed by atoms with Crippen molar-refractivity contribution in [3.63, 3.8) is 0 Å². The monoisotopic (exact) mass is 372 g/mol. The molecule has 7 nitrogen and oxygen atoms in total. The summed E-state index contributed by atoms with van der Waals surface area (Å²) in [5.74, 6) is 0.412. The Morgan fingerprint density at radius 2 is 1.70 bits per heavy atom. The first-order valence-electron chi connectivity index (χ1n) is 8.71. The van der Waals surface area contributed by atoms with Gasteiger partial charge >= 0.3 is 0 Å². The van der Waals surface area contributed by atoms with Crippen LogP contribution in [0.4, 0.5) is 0 Å². The number of hydrogen-bond donors (Lipinski definition) is 2. The van der Waals surface area contributed by atoms with Gasteiger partial charge < -0.3 is 29.2 Å². The summed E-state index contributed by atoms with van der Waals surface area (Å²) in [6.45, 7) is 0.192. The van der Waals surface area contributed by atoms with Crippen molar-refractivity contribution >= 4 is 6.29 Å². The molecule has 4 rings (SSSR count). The zero-order valence-electron chi connectivity index (χ0n) is 14.4. The van der Waals surface area contributed by atoms with E-state index in [2.05, 4.69) is 0 Å². The van der Waals surface area contributed by atoms with Crippen LogP contribution in [-0.2, 0) is 14.2 Å². The molecule has 2 saturated heterocycles. The molecule has 6 atom stereocenters. The van der Waals surface area contributed by atoms with E-state index in [4.69, 9.17) is 18.9 Å². The SMILES string of the molecule is O=Cc1ccc(OC2OC3COC(c4ccccc4)OC3C(O)C2O)cc1. The fraction of sp³-hybridized carbons (Fsp3) is 0.350. The molecule has 2 heterocycles. The van der Waals surface area contributed by atoms with Crippen LogP contribution in [-0.4, -0.2) is 53.8 Å². The average molecular weight is 372 g/mol. The molecule has 0 aliphatic carbocycles. The van der Waals surface area contributed by atoms with E-state index in [-0.39, 0.29) is 6.61 Å². The van der Waals surface area contributed by atoms with Gasteiger partial charge in [0.15, 0.2) is 6.29 Å². The third-order valence-electron chi connectivity index (χ3n) is 4.67. The molecule has 0 spiro atoms. The molecule has 0 bridgehead atoms. The molecule has 2 aliphatic rings. The molecule has 0 aromatic heterocycles. The summed E-state index contributed by atoms with van der Waals surface area (Å²) in [5, 5.41) is 20.9. The molecule has 27 heavy (non-hydrogen) atoms. The van der Waals surface area contributed by atoms with Crippen molar-refractivity contribution in [2.24, 2.45) is 0 Å². The number of aliphatic hydroxyl groups is 2. The van der Waals surface area contributed by atoms with E-state index in [1.54, 1.807) is 24.3 Å². The largest absolute Gasteiger partial charge is 0.462 e. The van der Waals surface area contributed by atoms with Gasteiger partial charge in [-0.25, -0.2) is 0 Å². The van der Waals surface area contributed by atoms with Gasteiger partial charge in [0.05, 0.1) is 6.61 Å². The van der Waals surface area contributed by atoms with Crippen LogP contribution >= 0.6 is 0 Å². The third-order valence-corrected chi connectivity index (χ3v) is 4.67. The molecule has 0 radical (unpaired) electrons. The topological polar surface area (TPSA) is 94.5 Å². The second-order valence-corrected chi connectivity index (χ2v) is 6.51. The Morgan fingerprint density at radius 1 is 0.963 bits per heavy atom. The highest BCUT2D eigenvalue weighted by Gasteiger charge is 2.49. The predicted octanol–water partition coefficient (Wildman–Crippen LogP) is 1.44. The summed E-state index contributed by atoms with van der Waals surface area (Å²) in [6, 6.07) is 15.7. The lowest BCUT2D eigenvalue weighted by molar-refractivity contribution is -0.350. The van der Waals surface area contributed by atoms with Crippen LogP contribution in [0, 0.1) is 0 Å². The Balaban J connectivity index is 1.44. The van der Waals surface area contributed by atoms with Crippen molar-refractivity contribution in [1.29, 1.82) is 0 Å². The first-order chi connectivity index (χ1) is 13.2. The van der Waals surface area contributed by atoms with Crippen molar-refractivity contribution < 1.29 is 34.0 Å². The molecule has 142 valence electrons. The normalized spacial score (nSPS) is 33.1. The van der Waals surface area contributed by atoms with Crippen molar-refractivity contribution in [3.8, 4) is 5.75 Å². The van der Waals surface area contributed by atoms with Crippen LogP contribution in [0.15, 0.2) is 54.6 Å². The van der Waals surface area contributed by atoms with E-state index in [9.17, 15) is 15.0 Å². The van der Waals surface area contributed by atoms with Crippen molar-refractivity contribution in [3.05, 3.63) is 65.7 Å². The van der Waals surface area contributed by atoms with Crippen molar-refractivity contribution in [2.75, 3.05) is 6.61 Å². The van der Waals surface area contributed by atoms with E-state index in [1.807, 2.05) is 30.3 Å². The molecule has 2 fully saturated rings. The Hall–Kier alpha value is -2.29. The fourth-order valence-corrected chi connectivity index (χ4v) is 3.21. The lowest BCUT2D eigenvalue weighted by Gasteiger charge is -2.46. The molecule has 6 unspecified atom stereocenters. The number of rotatable bonds is 4. The zero-order chi connectivity index (χ0) is 18.8. The van der Waals surface area contributed by atoms with Crippen molar-refractivity contribution in [1.82, 2.24) is 0 Å². The standard InChI is InChI=1S/C20H20O7/c21-10-12-6-8-14(9-7-12)25-20-17(23)16(22)18-15(26-20)11-24-19(27-18)13-4-2-1-3-5-13/h1-10,15-20,22-23H,11H2. The Kier molecular flexibility index (Phi) is 5.20. The number of benzene rings is 2. The summed E-state index contributed by atoms with van der Waals surface area (Å²) in [6.07, 6.45) is -4.80. The smallest absolute Gasteiger partial charge is 0.229 e. The molecule has 0 saturated carbocycles. The van der Waals surface area contributed by atoms with Gasteiger partial charge in [-0.1, -0.05) is 30.3 Å². The maximum Gasteiger partial charge on any atom is 0.229 e. The van der Waals surface area contributed by atoms with E-state index in [0.29, 0.717) is 11.3 Å². The minimum atomic E-state index is -1.30. The first-order valence-corrected chi connectivity index (χ1v) is 8.71. The number of fused-ring (bicyclic) bond motifs is 1. The minimum absolute atomic E-state index is 0.192. The third kappa shape index (κ3) is 3.73. The highest BCUT2D eigenvalue weighted by atomic mass is 16.8. The summed E-state index contributed by atoms with van der Waals surface area (Å²) >= 11 is 0. The molecule has 2 aromatic carbocycles. The lowest BCUT2D eigenvalue weighted by Crippen LogP contribution is -2.62. The van der Waals surface area contributed by atoms with Crippen LogP contribution in [0.2, 0.25) is 0 Å². The summed E-state index contributed by atoms with van der Waals surface area (Å²) in [4.78, 5) is 10.7. The van der Waals surface area contributed by atoms with Crippen LogP contribution in [0.1, 0.15) is 22.2 Å². The van der Waals surface area contributed by atoms with Gasteiger partial charge in [-0.2, -0.15) is 0 Å². The summed E-state index contributed by atoms with van der Waals surface area (Å²) in [7, 11) is 0. The van der Waals surface area contributed by atoms with E-state index in [0.717, 1.165) is 11.8 Å². The minimum Gasteiger partial charge on any atom is -0.462 e. The Morgan fingerprint density at radius 3 is 2.41 bits per heavy atom. The Labute approximate surface area is 156 Å². The highest BCUT2D eigenvalue weighted by molar-refractivity contribution is 5.74. The maximum atomic E-state index is 10.7. The fourth-order valence-electron chi connectivity index (χ4n) is 3.21. The predicted molar refractivity (Wildman–Crippen MR) is 93.1 cm³/mol. The number of hydrogen-bond acceptors (Lipinski definition) is 7. The van der Waals surface area contributed by atoms with Crippen LogP contribution in [0.3, 0.4) is 0 Å². The Bertz CT molecular complexity index is 762. The average Bonchev–Trinajstić information content (AvgIpc) is 2.73. The highest BCUT2D eigenvalue weighted by Crippen LogP contribution is 2.34. The lowest BCUT2D eigenvalue weighted by atomic mass is 9.98. The first kappa shape index (κ1) is 18.1. The van der Waals surface area contributed by atoms with E-state index >= 15 is 0 Å². The number of aldehydes is 1. The molecule has 2 aliphatic heterocycles. The zero-order valence-corrected chi connectivity index (χ0v) is 14.4. The van der Waals surface area contributed by atoms with E-state index in [1.165, 1.54) is 0 Å². The molecular weight excluding hydrogens is 352 g/mol. The number of carbonyl (C=O) groups excluding carboxylic acids is 1. The molecule has 7 heteroatoms. The van der Waals surface area contributed by atoms with Crippen LogP contribution in [0.5, 0.6) is 5.75 Å². The second-order valence-electron chi connectivity index (χ2n) is 6.51. The van der Waals surface area contributed by atoms with Crippen LogP contribution in [0.25, 0.3) is 0 Å².